The molecule has 0 heterocycles. The third-order valence-electron chi connectivity index (χ3n) is 2.66. The summed E-state index contributed by atoms with van der Waals surface area (Å²) in [6, 6.07) is 11.5. The highest BCUT2D eigenvalue weighted by Gasteiger charge is 2.09. The Morgan fingerprint density at radius 2 is 2.00 bits per heavy atom. The highest BCUT2D eigenvalue weighted by atomic mass is 79.9. The van der Waals surface area contributed by atoms with E-state index in [0.29, 0.717) is 10.0 Å². The van der Waals surface area contributed by atoms with E-state index in [1.54, 1.807) is 0 Å². The first-order chi connectivity index (χ1) is 8.99. The molecule has 0 unspecified atom stereocenters. The van der Waals surface area contributed by atoms with Gasteiger partial charge in [-0.3, -0.25) is 0 Å². The molecule has 0 saturated heterocycles. The maximum Gasteiger partial charge on any atom is 0.106 e. The Morgan fingerprint density at radius 3 is 2.68 bits per heavy atom. The van der Waals surface area contributed by atoms with Crippen LogP contribution in [0.4, 0.5) is 11.4 Å². The number of halogens is 2. The minimum Gasteiger partial charge on any atom is -0.389 e. The summed E-state index contributed by atoms with van der Waals surface area (Å²) in [7, 11) is 0. The molecule has 98 valence electrons. The van der Waals surface area contributed by atoms with Crippen molar-refractivity contribution >= 4 is 56.1 Å². The Balaban J connectivity index is 2.44. The van der Waals surface area contributed by atoms with Crippen molar-refractivity contribution in [1.29, 1.82) is 0 Å². The normalized spacial score (nSPS) is 10.3. The van der Waals surface area contributed by atoms with Crippen molar-refractivity contribution in [2.75, 3.05) is 5.32 Å². The Hall–Kier alpha value is -1.10. The molecule has 0 bridgehead atoms. The predicted octanol–water partition coefficient (Wildman–Crippen LogP) is 4.79. The van der Waals surface area contributed by atoms with Gasteiger partial charge in [-0.1, -0.05) is 41.5 Å². The van der Waals surface area contributed by atoms with Gasteiger partial charge in [-0.05, 0) is 47.1 Å². The number of benzene rings is 2. The lowest BCUT2D eigenvalue weighted by molar-refractivity contribution is 1.43. The predicted molar refractivity (Wildman–Crippen MR) is 89.5 cm³/mol. The second kappa shape index (κ2) is 5.90. The van der Waals surface area contributed by atoms with E-state index in [4.69, 9.17) is 29.6 Å². The number of nitrogens with two attached hydrogens (primary N) is 1. The minimum absolute atomic E-state index is 0.365. The number of anilines is 2. The van der Waals surface area contributed by atoms with E-state index in [-0.39, 0.29) is 0 Å². The molecule has 0 aliphatic heterocycles. The first kappa shape index (κ1) is 14.3. The molecule has 0 atom stereocenters. The third-order valence-corrected chi connectivity index (χ3v) is 4.28. The molecule has 2 nitrogen and oxygen atoms in total. The van der Waals surface area contributed by atoms with Gasteiger partial charge in [-0.25, -0.2) is 0 Å². The number of nitrogens with one attached hydrogen (secondary N) is 1. The van der Waals surface area contributed by atoms with Crippen molar-refractivity contribution in [1.82, 2.24) is 0 Å². The maximum atomic E-state index is 6.07. The van der Waals surface area contributed by atoms with Crippen molar-refractivity contribution in [3.05, 3.63) is 57.0 Å². The average Bonchev–Trinajstić information content (AvgIpc) is 2.36. The van der Waals surface area contributed by atoms with Gasteiger partial charge in [0, 0.05) is 11.3 Å². The van der Waals surface area contributed by atoms with Crippen molar-refractivity contribution in [2.24, 2.45) is 5.73 Å². The van der Waals surface area contributed by atoms with Crippen LogP contribution in [-0.4, -0.2) is 4.99 Å². The smallest absolute Gasteiger partial charge is 0.106 e. The highest BCUT2D eigenvalue weighted by Crippen LogP contribution is 2.33. The van der Waals surface area contributed by atoms with E-state index < -0.39 is 0 Å². The van der Waals surface area contributed by atoms with Crippen LogP contribution in [0.3, 0.4) is 0 Å². The zero-order chi connectivity index (χ0) is 14.0. The van der Waals surface area contributed by atoms with Crippen LogP contribution in [0, 0.1) is 6.92 Å². The number of hydrogen-bond donors (Lipinski definition) is 2. The third kappa shape index (κ3) is 3.26. The van der Waals surface area contributed by atoms with Gasteiger partial charge in [0.05, 0.1) is 15.2 Å². The minimum atomic E-state index is 0.365. The molecule has 0 aromatic heterocycles. The van der Waals surface area contributed by atoms with Gasteiger partial charge in [0.25, 0.3) is 0 Å². The first-order valence-corrected chi connectivity index (χ1v) is 7.18. The van der Waals surface area contributed by atoms with Crippen LogP contribution in [0.1, 0.15) is 11.1 Å². The first-order valence-electron chi connectivity index (χ1n) is 5.60. The van der Waals surface area contributed by atoms with Crippen molar-refractivity contribution < 1.29 is 0 Å². The summed E-state index contributed by atoms with van der Waals surface area (Å²) in [5.41, 5.74) is 9.42. The summed E-state index contributed by atoms with van der Waals surface area (Å²) in [5.74, 6) is 0. The lowest BCUT2D eigenvalue weighted by Gasteiger charge is -2.14. The van der Waals surface area contributed by atoms with E-state index in [1.165, 1.54) is 0 Å². The Bertz CT molecular complexity index is 643. The number of thiocarbonyl (C=S) groups is 1. The lowest BCUT2D eigenvalue weighted by atomic mass is 10.1. The van der Waals surface area contributed by atoms with Crippen molar-refractivity contribution in [3.8, 4) is 0 Å². The van der Waals surface area contributed by atoms with Gasteiger partial charge in [-0.2, -0.15) is 0 Å². The molecule has 5 heteroatoms. The topological polar surface area (TPSA) is 38.0 Å². The Labute approximate surface area is 131 Å². The van der Waals surface area contributed by atoms with Gasteiger partial charge in [0.2, 0.25) is 0 Å². The fourth-order valence-corrected chi connectivity index (χ4v) is 2.42. The molecule has 2 aromatic carbocycles. The second-order valence-corrected chi connectivity index (χ2v) is 5.78. The molecule has 2 aromatic rings. The summed E-state index contributed by atoms with van der Waals surface area (Å²) in [6.07, 6.45) is 0. The van der Waals surface area contributed by atoms with Crippen molar-refractivity contribution in [3.63, 3.8) is 0 Å². The van der Waals surface area contributed by atoms with Crippen LogP contribution < -0.4 is 11.1 Å². The zero-order valence-corrected chi connectivity index (χ0v) is 13.4. The zero-order valence-electron chi connectivity index (χ0n) is 10.2. The van der Waals surface area contributed by atoms with Crippen molar-refractivity contribution in [2.45, 2.75) is 6.92 Å². The number of hydrogen-bond acceptors (Lipinski definition) is 2. The monoisotopic (exact) mass is 354 g/mol. The summed E-state index contributed by atoms with van der Waals surface area (Å²) in [6.45, 7) is 2.00. The fourth-order valence-electron chi connectivity index (χ4n) is 1.72. The van der Waals surface area contributed by atoms with Gasteiger partial charge < -0.3 is 11.1 Å². The SMILES string of the molecule is Cc1ccc(Nc2cccc(Cl)c2Br)c(C(N)=S)c1. The van der Waals surface area contributed by atoms with Gasteiger partial charge in [-0.15, -0.1) is 0 Å². The summed E-state index contributed by atoms with van der Waals surface area (Å²) < 4.78 is 0.811. The molecular formula is C14H12BrClN2S. The molecule has 0 amide bonds. The second-order valence-electron chi connectivity index (χ2n) is 4.14. The molecule has 3 N–H and O–H groups in total. The van der Waals surface area contributed by atoms with Crippen LogP contribution in [0.25, 0.3) is 0 Å². The molecule has 19 heavy (non-hydrogen) atoms. The quantitative estimate of drug-likeness (QED) is 0.778. The van der Waals surface area contributed by atoms with Gasteiger partial charge in [0.15, 0.2) is 0 Å². The van der Waals surface area contributed by atoms with E-state index >= 15 is 0 Å². The number of rotatable bonds is 3. The molecule has 2 rings (SSSR count). The van der Waals surface area contributed by atoms with E-state index in [1.807, 2.05) is 43.3 Å². The van der Waals surface area contributed by atoms with Gasteiger partial charge in [0.1, 0.15) is 4.99 Å². The van der Waals surface area contributed by atoms with Crippen LogP contribution >= 0.6 is 39.7 Å². The summed E-state index contributed by atoms with van der Waals surface area (Å²) in [5, 5.41) is 3.94. The van der Waals surface area contributed by atoms with E-state index in [0.717, 1.165) is 27.0 Å². The van der Waals surface area contributed by atoms with Crippen LogP contribution in [0.15, 0.2) is 40.9 Å². The molecule has 0 saturated carbocycles. The molecule has 0 spiro atoms. The van der Waals surface area contributed by atoms with E-state index in [9.17, 15) is 0 Å². The lowest BCUT2D eigenvalue weighted by Crippen LogP contribution is -2.12. The summed E-state index contributed by atoms with van der Waals surface area (Å²) >= 11 is 14.6. The van der Waals surface area contributed by atoms with Crippen LogP contribution in [0.5, 0.6) is 0 Å². The fraction of sp³-hybridized carbons (Fsp3) is 0.0714. The molecule has 0 fully saturated rings. The molecule has 0 aliphatic carbocycles. The largest absolute Gasteiger partial charge is 0.389 e. The highest BCUT2D eigenvalue weighted by molar-refractivity contribution is 9.10. The molecule has 0 aliphatic rings. The molecular weight excluding hydrogens is 344 g/mol. The van der Waals surface area contributed by atoms with Crippen LogP contribution in [-0.2, 0) is 0 Å². The Kier molecular flexibility index (Phi) is 4.45. The van der Waals surface area contributed by atoms with Crippen LogP contribution in [0.2, 0.25) is 5.02 Å². The van der Waals surface area contributed by atoms with Gasteiger partial charge >= 0.3 is 0 Å². The number of aryl methyl sites for hydroxylation is 1. The summed E-state index contributed by atoms with van der Waals surface area (Å²) in [4.78, 5) is 0.365. The Morgan fingerprint density at radius 1 is 1.26 bits per heavy atom. The van der Waals surface area contributed by atoms with E-state index in [2.05, 4.69) is 21.2 Å². The molecule has 0 radical (unpaired) electrons. The maximum absolute atomic E-state index is 6.07. The standard InChI is InChI=1S/C14H12BrClN2S/c1-8-5-6-11(9(7-8)14(17)19)18-12-4-2-3-10(16)13(12)15/h2-7,18H,1H3,(H2,17,19). The average molecular weight is 356 g/mol.